The van der Waals surface area contributed by atoms with Crippen LogP contribution in [0.25, 0.3) is 11.3 Å². The van der Waals surface area contributed by atoms with Crippen molar-refractivity contribution in [2.75, 3.05) is 26.2 Å². The maximum absolute atomic E-state index is 11.9. The second-order valence-corrected chi connectivity index (χ2v) is 5.35. The first-order chi connectivity index (χ1) is 10.9. The standard InChI is InChI=1S/C19H20N2O/c22-15-18(16-7-3-1-4-8-16)19(17-9-5-2-6-10-17)21-13-11-20-12-14-21/h1-10,15,20H,11-14H2/b19-18-. The van der Waals surface area contributed by atoms with Crippen LogP contribution in [-0.4, -0.2) is 37.4 Å². The first-order valence-corrected chi connectivity index (χ1v) is 7.66. The van der Waals surface area contributed by atoms with Crippen molar-refractivity contribution in [1.29, 1.82) is 0 Å². The molecule has 3 nitrogen and oxygen atoms in total. The molecule has 2 aromatic rings. The van der Waals surface area contributed by atoms with Crippen molar-refractivity contribution in [2.24, 2.45) is 0 Å². The molecule has 0 unspecified atom stereocenters. The highest BCUT2D eigenvalue weighted by molar-refractivity contribution is 6.16. The van der Waals surface area contributed by atoms with E-state index < -0.39 is 0 Å². The van der Waals surface area contributed by atoms with E-state index in [1.807, 2.05) is 48.5 Å². The number of rotatable bonds is 4. The molecule has 112 valence electrons. The van der Waals surface area contributed by atoms with Gasteiger partial charge in [-0.25, -0.2) is 0 Å². The lowest BCUT2D eigenvalue weighted by Gasteiger charge is -2.33. The van der Waals surface area contributed by atoms with Crippen LogP contribution in [0.2, 0.25) is 0 Å². The minimum Gasteiger partial charge on any atom is -0.368 e. The van der Waals surface area contributed by atoms with Gasteiger partial charge in [0.15, 0.2) is 6.29 Å². The number of carbonyl (C=O) groups is 1. The SMILES string of the molecule is O=C/C(=C(\c1ccccc1)N1CCNCC1)c1ccccc1. The minimum absolute atomic E-state index is 0.758. The summed E-state index contributed by atoms with van der Waals surface area (Å²) in [4.78, 5) is 14.2. The highest BCUT2D eigenvalue weighted by Crippen LogP contribution is 2.28. The summed E-state index contributed by atoms with van der Waals surface area (Å²) < 4.78 is 0. The molecule has 0 spiro atoms. The number of carbonyl (C=O) groups excluding carboxylic acids is 1. The van der Waals surface area contributed by atoms with E-state index in [1.54, 1.807) is 0 Å². The fourth-order valence-corrected chi connectivity index (χ4v) is 2.87. The Labute approximate surface area is 131 Å². The molecule has 0 aliphatic carbocycles. The number of piperazine rings is 1. The molecule has 0 saturated carbocycles. The molecular weight excluding hydrogens is 272 g/mol. The van der Waals surface area contributed by atoms with Gasteiger partial charge < -0.3 is 10.2 Å². The first-order valence-electron chi connectivity index (χ1n) is 7.66. The highest BCUT2D eigenvalue weighted by atomic mass is 16.1. The van der Waals surface area contributed by atoms with Gasteiger partial charge in [-0.3, -0.25) is 4.79 Å². The zero-order valence-corrected chi connectivity index (χ0v) is 12.5. The number of hydrogen-bond donors (Lipinski definition) is 1. The van der Waals surface area contributed by atoms with Crippen molar-refractivity contribution in [3.05, 3.63) is 71.8 Å². The van der Waals surface area contributed by atoms with Crippen LogP contribution in [0, 0.1) is 0 Å². The molecule has 1 fully saturated rings. The van der Waals surface area contributed by atoms with E-state index >= 15 is 0 Å². The summed E-state index contributed by atoms with van der Waals surface area (Å²) >= 11 is 0. The van der Waals surface area contributed by atoms with Gasteiger partial charge in [0.25, 0.3) is 0 Å². The monoisotopic (exact) mass is 292 g/mol. The number of aldehydes is 1. The fourth-order valence-electron chi connectivity index (χ4n) is 2.87. The quantitative estimate of drug-likeness (QED) is 0.534. The van der Waals surface area contributed by atoms with Crippen molar-refractivity contribution in [3.63, 3.8) is 0 Å². The van der Waals surface area contributed by atoms with E-state index in [1.165, 1.54) is 0 Å². The summed E-state index contributed by atoms with van der Waals surface area (Å²) in [5.74, 6) is 0. The average molecular weight is 292 g/mol. The summed E-state index contributed by atoms with van der Waals surface area (Å²) in [6.45, 7) is 3.71. The van der Waals surface area contributed by atoms with Crippen LogP contribution in [0.4, 0.5) is 0 Å². The highest BCUT2D eigenvalue weighted by Gasteiger charge is 2.19. The van der Waals surface area contributed by atoms with Gasteiger partial charge in [-0.05, 0) is 11.1 Å². The molecule has 22 heavy (non-hydrogen) atoms. The summed E-state index contributed by atoms with van der Waals surface area (Å²) in [6.07, 6.45) is 0.986. The zero-order chi connectivity index (χ0) is 15.2. The van der Waals surface area contributed by atoms with Crippen molar-refractivity contribution in [3.8, 4) is 0 Å². The molecule has 0 amide bonds. The van der Waals surface area contributed by atoms with Gasteiger partial charge in [0.1, 0.15) is 0 Å². The second-order valence-electron chi connectivity index (χ2n) is 5.35. The predicted molar refractivity (Wildman–Crippen MR) is 90.2 cm³/mol. The normalized spacial score (nSPS) is 16.1. The summed E-state index contributed by atoms with van der Waals surface area (Å²) in [7, 11) is 0. The van der Waals surface area contributed by atoms with Gasteiger partial charge in [-0.1, -0.05) is 60.7 Å². The smallest absolute Gasteiger partial charge is 0.152 e. The molecule has 1 aliphatic rings. The van der Waals surface area contributed by atoms with Gasteiger partial charge in [-0.15, -0.1) is 0 Å². The van der Waals surface area contributed by atoms with E-state index in [-0.39, 0.29) is 0 Å². The van der Waals surface area contributed by atoms with E-state index in [9.17, 15) is 4.79 Å². The molecular formula is C19H20N2O. The molecule has 1 saturated heterocycles. The number of hydrogen-bond acceptors (Lipinski definition) is 3. The molecule has 0 radical (unpaired) electrons. The Morgan fingerprint density at radius 2 is 1.41 bits per heavy atom. The Bertz CT molecular complexity index is 644. The summed E-state index contributed by atoms with van der Waals surface area (Å²) in [5, 5.41) is 3.37. The summed E-state index contributed by atoms with van der Waals surface area (Å²) in [5.41, 5.74) is 3.85. The molecule has 0 atom stereocenters. The first kappa shape index (κ1) is 14.5. The van der Waals surface area contributed by atoms with Gasteiger partial charge in [0.05, 0.1) is 5.70 Å². The lowest BCUT2D eigenvalue weighted by Crippen LogP contribution is -2.42. The molecule has 3 rings (SSSR count). The minimum atomic E-state index is 0.758. The van der Waals surface area contributed by atoms with Crippen LogP contribution in [0.1, 0.15) is 11.1 Å². The lowest BCUT2D eigenvalue weighted by atomic mass is 9.99. The topological polar surface area (TPSA) is 32.3 Å². The third kappa shape index (κ3) is 3.10. The third-order valence-electron chi connectivity index (χ3n) is 3.94. The fraction of sp³-hybridized carbons (Fsp3) is 0.211. The van der Waals surface area contributed by atoms with E-state index in [0.717, 1.165) is 54.9 Å². The molecule has 0 bridgehead atoms. The second kappa shape index (κ2) is 7.05. The third-order valence-corrected chi connectivity index (χ3v) is 3.94. The Morgan fingerprint density at radius 1 is 0.864 bits per heavy atom. The molecule has 1 heterocycles. The van der Waals surface area contributed by atoms with E-state index in [0.29, 0.717) is 0 Å². The van der Waals surface area contributed by atoms with Crippen LogP contribution in [0.15, 0.2) is 60.7 Å². The maximum Gasteiger partial charge on any atom is 0.152 e. The van der Waals surface area contributed by atoms with E-state index in [2.05, 4.69) is 22.3 Å². The van der Waals surface area contributed by atoms with Crippen molar-refractivity contribution in [2.45, 2.75) is 0 Å². The van der Waals surface area contributed by atoms with Gasteiger partial charge in [0.2, 0.25) is 0 Å². The molecule has 3 heteroatoms. The van der Waals surface area contributed by atoms with Crippen molar-refractivity contribution in [1.82, 2.24) is 10.2 Å². The number of allylic oxidation sites excluding steroid dienone is 1. The maximum atomic E-state index is 11.9. The van der Waals surface area contributed by atoms with Crippen LogP contribution in [0.5, 0.6) is 0 Å². The average Bonchev–Trinajstić information content (AvgIpc) is 2.62. The number of nitrogens with one attached hydrogen (secondary N) is 1. The Morgan fingerprint density at radius 3 is 1.95 bits per heavy atom. The molecule has 2 aromatic carbocycles. The summed E-state index contributed by atoms with van der Waals surface area (Å²) in [6, 6.07) is 20.1. The Balaban J connectivity index is 2.14. The largest absolute Gasteiger partial charge is 0.368 e. The van der Waals surface area contributed by atoms with E-state index in [4.69, 9.17) is 0 Å². The van der Waals surface area contributed by atoms with Crippen LogP contribution < -0.4 is 5.32 Å². The zero-order valence-electron chi connectivity index (χ0n) is 12.5. The molecule has 0 aromatic heterocycles. The Hall–Kier alpha value is -2.39. The van der Waals surface area contributed by atoms with Gasteiger partial charge in [0, 0.05) is 31.8 Å². The molecule has 1 aliphatic heterocycles. The van der Waals surface area contributed by atoms with Crippen molar-refractivity contribution < 1.29 is 4.79 Å². The van der Waals surface area contributed by atoms with Crippen LogP contribution in [-0.2, 0) is 4.79 Å². The Kier molecular flexibility index (Phi) is 4.66. The number of nitrogens with zero attached hydrogens (tertiary/aromatic N) is 1. The number of benzene rings is 2. The van der Waals surface area contributed by atoms with Gasteiger partial charge >= 0.3 is 0 Å². The van der Waals surface area contributed by atoms with Gasteiger partial charge in [-0.2, -0.15) is 0 Å². The lowest BCUT2D eigenvalue weighted by molar-refractivity contribution is -0.103. The van der Waals surface area contributed by atoms with Crippen LogP contribution in [0.3, 0.4) is 0 Å². The predicted octanol–water partition coefficient (Wildman–Crippen LogP) is 2.66. The van der Waals surface area contributed by atoms with Crippen molar-refractivity contribution >= 4 is 17.6 Å². The molecule has 1 N–H and O–H groups in total. The van der Waals surface area contributed by atoms with Crippen LogP contribution >= 0.6 is 0 Å².